The third-order valence-electron chi connectivity index (χ3n) is 9.83. The van der Waals surface area contributed by atoms with Gasteiger partial charge in [-0.05, 0) is 56.5 Å². The van der Waals surface area contributed by atoms with Crippen LogP contribution in [0.2, 0.25) is 0 Å². The van der Waals surface area contributed by atoms with Crippen LogP contribution in [0.25, 0.3) is 11.2 Å². The minimum absolute atomic E-state index is 0.0203. The SMILES string of the molecule is NCCCC(NC(=O)C(CC(=O)O)NC(O)CCC(NC(=O)c1ccc(NCc2cnc3nc(N)[nH]c(=O)c3n2)cc1)C(=O)O)C(=O)NC(CC(=O)O)C(=O)NC(CC(=O)O)C(O)NC(CS)C(=O)O. The molecule has 19 N–H and O–H groups in total. The summed E-state index contributed by atoms with van der Waals surface area (Å²) in [6.45, 7) is 0.0417. The Bertz CT molecular complexity index is 2430. The maximum absolute atomic E-state index is 13.5. The van der Waals surface area contributed by atoms with E-state index in [1.807, 2.05) is 0 Å². The number of H-pyrrole nitrogens is 1. The molecule has 0 saturated heterocycles. The molecule has 3 rings (SSSR count). The molecule has 31 heteroatoms. The molecule has 8 unspecified atom stereocenters. The number of thiol groups is 1. The zero-order valence-electron chi connectivity index (χ0n) is 36.7. The Morgan fingerprint density at radius 3 is 1.86 bits per heavy atom. The second-order valence-corrected chi connectivity index (χ2v) is 15.6. The Balaban J connectivity index is 1.65. The van der Waals surface area contributed by atoms with Gasteiger partial charge >= 0.3 is 29.8 Å². The molecule has 70 heavy (non-hydrogen) atoms. The summed E-state index contributed by atoms with van der Waals surface area (Å²) in [7, 11) is 0. The lowest BCUT2D eigenvalue weighted by atomic mass is 10.1. The van der Waals surface area contributed by atoms with E-state index >= 15 is 0 Å². The van der Waals surface area contributed by atoms with E-state index in [-0.39, 0.29) is 54.4 Å². The minimum atomic E-state index is -2.04. The van der Waals surface area contributed by atoms with Crippen LogP contribution >= 0.6 is 12.6 Å². The highest BCUT2D eigenvalue weighted by molar-refractivity contribution is 7.80. The molecule has 2 aromatic heterocycles. The predicted octanol–water partition coefficient (Wildman–Crippen LogP) is -4.94. The number of carboxylic acid groups (broad SMARTS) is 5. The number of aliphatic hydroxyl groups excluding tert-OH is 2. The fraction of sp³-hybridized carbons (Fsp3) is 0.462. The fourth-order valence-electron chi connectivity index (χ4n) is 6.29. The smallest absolute Gasteiger partial charge is 0.326 e. The molecule has 8 atom stereocenters. The number of aliphatic hydroxyl groups is 2. The monoisotopic (exact) mass is 1010 g/mol. The summed E-state index contributed by atoms with van der Waals surface area (Å²) in [6, 6.07) is -4.62. The molecule has 1 aromatic carbocycles. The molecule has 0 spiro atoms. The minimum Gasteiger partial charge on any atom is -0.481 e. The fourth-order valence-corrected chi connectivity index (χ4v) is 6.55. The number of aromatic nitrogens is 4. The van der Waals surface area contributed by atoms with Crippen LogP contribution < -0.4 is 54.2 Å². The summed E-state index contributed by atoms with van der Waals surface area (Å²) in [5.74, 6) is -12.9. The molecule has 0 saturated carbocycles. The number of fused-ring (bicyclic) bond motifs is 1. The number of nitrogens with one attached hydrogen (secondary N) is 8. The third kappa shape index (κ3) is 18.5. The van der Waals surface area contributed by atoms with Crippen LogP contribution in [0.3, 0.4) is 0 Å². The van der Waals surface area contributed by atoms with Gasteiger partial charge in [0.1, 0.15) is 36.6 Å². The van der Waals surface area contributed by atoms with Crippen molar-refractivity contribution in [3.63, 3.8) is 0 Å². The number of nitrogen functional groups attached to an aromatic ring is 1. The number of carbonyl (C=O) groups excluding carboxylic acids is 4. The van der Waals surface area contributed by atoms with E-state index in [0.29, 0.717) is 11.4 Å². The van der Waals surface area contributed by atoms with Gasteiger partial charge < -0.3 is 73.8 Å². The van der Waals surface area contributed by atoms with Crippen LogP contribution in [0.5, 0.6) is 0 Å². The topological polar surface area (TPSA) is 503 Å². The van der Waals surface area contributed by atoms with Crippen molar-refractivity contribution in [3.8, 4) is 0 Å². The van der Waals surface area contributed by atoms with Crippen LogP contribution in [-0.2, 0) is 44.9 Å². The molecule has 4 amide bonds. The first kappa shape index (κ1) is 56.7. The number of nitrogens with two attached hydrogens (primary N) is 2. The molecule has 0 radical (unpaired) electrons. The quantitative estimate of drug-likeness (QED) is 0.0212. The summed E-state index contributed by atoms with van der Waals surface area (Å²) < 4.78 is 0. The average molecular weight is 1010 g/mol. The normalized spacial score (nSPS) is 14.6. The van der Waals surface area contributed by atoms with E-state index in [1.165, 1.54) is 30.5 Å². The number of nitrogens with zero attached hydrogens (tertiary/aromatic N) is 3. The van der Waals surface area contributed by atoms with Crippen molar-refractivity contribution in [2.24, 2.45) is 5.73 Å². The molecule has 0 fully saturated rings. The zero-order valence-corrected chi connectivity index (χ0v) is 37.6. The zero-order chi connectivity index (χ0) is 52.2. The van der Waals surface area contributed by atoms with Gasteiger partial charge in [-0.1, -0.05) is 0 Å². The number of carboxylic acids is 5. The number of aromatic amines is 1. The first-order valence-electron chi connectivity index (χ1n) is 20.9. The summed E-state index contributed by atoms with van der Waals surface area (Å²) in [4.78, 5) is 139. The molecule has 3 aromatic rings. The Hall–Kier alpha value is -7.58. The van der Waals surface area contributed by atoms with E-state index in [1.54, 1.807) is 0 Å². The van der Waals surface area contributed by atoms with E-state index in [9.17, 15) is 83.7 Å². The van der Waals surface area contributed by atoms with E-state index in [2.05, 4.69) is 69.8 Å². The van der Waals surface area contributed by atoms with Gasteiger partial charge in [-0.15, -0.1) is 0 Å². The molecule has 0 bridgehead atoms. The van der Waals surface area contributed by atoms with E-state index < -0.39 is 140 Å². The highest BCUT2D eigenvalue weighted by Crippen LogP contribution is 2.14. The van der Waals surface area contributed by atoms with Crippen molar-refractivity contribution < 1.29 is 78.9 Å². The Kier molecular flexibility index (Phi) is 22.2. The molecule has 0 aliphatic heterocycles. The maximum atomic E-state index is 13.5. The lowest BCUT2D eigenvalue weighted by molar-refractivity contribution is -0.144. The molecule has 382 valence electrons. The van der Waals surface area contributed by atoms with Gasteiger partial charge in [0, 0.05) is 17.0 Å². The second kappa shape index (κ2) is 27.4. The standard InChI is InChI=1S/C39H53N13O17S/c40-9-1-2-19(32(61)48-22(11-27(56)57)34(63)49-23(12-28(58)59)35(64)50-24(15-70)38(68)69)46-33(62)21(10-26(54)55)45-25(53)8-7-20(37(66)67)47-31(60)16-3-5-17(6-4-16)42-13-18-14-43-30-29(44-18)36(65)52-39(41)51-30/h3-6,14,19-25,35,42,45,50,53,64,70H,1-2,7-13,15,40H2,(H,46,62)(H,47,60)(H,48,61)(H,49,63)(H,54,55)(H,56,57)(H,58,59)(H,66,67)(H,68,69)(H3,41,43,51,52,65). The van der Waals surface area contributed by atoms with Crippen LogP contribution in [0.4, 0.5) is 11.6 Å². The molecule has 0 aliphatic carbocycles. The van der Waals surface area contributed by atoms with Crippen molar-refractivity contribution in [3.05, 3.63) is 52.1 Å². The average Bonchev–Trinajstić information content (AvgIpc) is 3.28. The number of benzene rings is 1. The van der Waals surface area contributed by atoms with Crippen molar-refractivity contribution >= 4 is 88.9 Å². The highest BCUT2D eigenvalue weighted by atomic mass is 32.1. The molecule has 0 aliphatic rings. The number of carbonyl (C=O) groups is 9. The van der Waals surface area contributed by atoms with Gasteiger partial charge in [0.25, 0.3) is 11.5 Å². The number of amides is 4. The highest BCUT2D eigenvalue weighted by Gasteiger charge is 2.35. The Morgan fingerprint density at radius 2 is 1.27 bits per heavy atom. The van der Waals surface area contributed by atoms with Gasteiger partial charge in [-0.25, -0.2) is 14.8 Å². The van der Waals surface area contributed by atoms with Crippen LogP contribution in [0.15, 0.2) is 35.3 Å². The number of rotatable bonds is 31. The Labute approximate surface area is 400 Å². The largest absolute Gasteiger partial charge is 0.481 e. The van der Waals surface area contributed by atoms with Crippen molar-refractivity contribution in [1.29, 1.82) is 0 Å². The molecular weight excluding hydrogens is 955 g/mol. The first-order chi connectivity index (χ1) is 33.0. The van der Waals surface area contributed by atoms with E-state index in [4.69, 9.17) is 11.5 Å². The summed E-state index contributed by atoms with van der Waals surface area (Å²) in [6.07, 6.45) is -6.81. The Morgan fingerprint density at radius 1 is 0.686 bits per heavy atom. The van der Waals surface area contributed by atoms with Gasteiger partial charge in [0.2, 0.25) is 23.7 Å². The maximum Gasteiger partial charge on any atom is 0.326 e. The van der Waals surface area contributed by atoms with Crippen LogP contribution in [-0.4, -0.2) is 170 Å². The number of hydrogen-bond donors (Lipinski definition) is 18. The van der Waals surface area contributed by atoms with Gasteiger partial charge in [0.05, 0.1) is 49.8 Å². The molecular formula is C39H53N13O17S. The number of hydrogen-bond acceptors (Lipinski definition) is 21. The summed E-state index contributed by atoms with van der Waals surface area (Å²) in [5.41, 5.74) is 11.5. The van der Waals surface area contributed by atoms with Gasteiger partial charge in [-0.2, -0.15) is 17.6 Å². The van der Waals surface area contributed by atoms with Crippen LogP contribution in [0.1, 0.15) is 61.0 Å². The van der Waals surface area contributed by atoms with Crippen molar-refractivity contribution in [2.45, 2.75) is 100 Å². The summed E-state index contributed by atoms with van der Waals surface area (Å²) in [5, 5.41) is 85.1. The number of anilines is 2. The van der Waals surface area contributed by atoms with Crippen molar-refractivity contribution in [1.82, 2.24) is 51.8 Å². The first-order valence-corrected chi connectivity index (χ1v) is 21.5. The third-order valence-corrected chi connectivity index (χ3v) is 10.2. The van der Waals surface area contributed by atoms with Crippen LogP contribution in [0, 0.1) is 0 Å². The predicted molar refractivity (Wildman–Crippen MR) is 242 cm³/mol. The lowest BCUT2D eigenvalue weighted by Crippen LogP contribution is -2.60. The summed E-state index contributed by atoms with van der Waals surface area (Å²) >= 11 is 3.83. The van der Waals surface area contributed by atoms with Crippen molar-refractivity contribution in [2.75, 3.05) is 23.3 Å². The van der Waals surface area contributed by atoms with Gasteiger partial charge in [-0.3, -0.25) is 58.8 Å². The molecule has 2 heterocycles. The van der Waals surface area contributed by atoms with E-state index in [0.717, 1.165) is 0 Å². The molecule has 30 nitrogen and oxygen atoms in total. The number of aliphatic carboxylic acids is 5. The second-order valence-electron chi connectivity index (χ2n) is 15.2. The van der Waals surface area contributed by atoms with Gasteiger partial charge in [0.15, 0.2) is 11.2 Å². The lowest BCUT2D eigenvalue weighted by Gasteiger charge is -2.29.